The van der Waals surface area contributed by atoms with Crippen LogP contribution in [0.15, 0.2) is 35.3 Å². The summed E-state index contributed by atoms with van der Waals surface area (Å²) in [6, 6.07) is 10.3. The summed E-state index contributed by atoms with van der Waals surface area (Å²) in [5.41, 5.74) is 1.28. The van der Waals surface area contributed by atoms with Gasteiger partial charge in [0.05, 0.1) is 10.6 Å². The molecular weight excluding hydrogens is 300 g/mol. The quantitative estimate of drug-likeness (QED) is 0.854. The van der Waals surface area contributed by atoms with E-state index in [1.54, 1.807) is 23.5 Å². The van der Waals surface area contributed by atoms with Crippen molar-refractivity contribution in [1.29, 1.82) is 0 Å². The molecule has 1 fully saturated rings. The van der Waals surface area contributed by atoms with Crippen LogP contribution in [0.2, 0.25) is 0 Å². The highest BCUT2D eigenvalue weighted by molar-refractivity contribution is 8.39. The number of benzene rings is 1. The Balaban J connectivity index is 1.61. The largest absolute Gasteiger partial charge is 0.333 e. The molecule has 1 saturated heterocycles. The molecule has 2 heterocycles. The Morgan fingerprint density at radius 3 is 3.00 bits per heavy atom. The summed E-state index contributed by atoms with van der Waals surface area (Å²) >= 11 is 9.63. The fourth-order valence-electron chi connectivity index (χ4n) is 2.09. The van der Waals surface area contributed by atoms with E-state index in [2.05, 4.69) is 22.4 Å². The molecule has 3 rings (SSSR count). The van der Waals surface area contributed by atoms with Crippen LogP contribution < -0.4 is 5.32 Å². The zero-order valence-electron chi connectivity index (χ0n) is 10.1. The molecule has 0 radical (unpaired) electrons. The Morgan fingerprint density at radius 2 is 2.21 bits per heavy atom. The van der Waals surface area contributed by atoms with Gasteiger partial charge in [-0.3, -0.25) is 4.79 Å². The van der Waals surface area contributed by atoms with Gasteiger partial charge >= 0.3 is 0 Å². The van der Waals surface area contributed by atoms with E-state index in [0.717, 1.165) is 10.1 Å². The number of aliphatic imine (C=N–C) groups is 1. The Bertz CT molecular complexity index is 509. The molecule has 3 atom stereocenters. The molecule has 2 aliphatic rings. The third-order valence-electron chi connectivity index (χ3n) is 3.04. The fourth-order valence-corrected chi connectivity index (χ4v) is 4.89. The van der Waals surface area contributed by atoms with Gasteiger partial charge in [0.1, 0.15) is 10.5 Å². The van der Waals surface area contributed by atoms with Crippen LogP contribution in [0.25, 0.3) is 0 Å². The number of nitrogens with zero attached hydrogens (tertiary/aromatic N) is 1. The van der Waals surface area contributed by atoms with Crippen molar-refractivity contribution in [2.75, 3.05) is 0 Å². The molecule has 0 aliphatic carbocycles. The molecular formula is C13H13ClN2OS2. The number of alkyl halides is 1. The average Bonchev–Trinajstić information content (AvgIpc) is 2.81. The first kappa shape index (κ1) is 13.3. The van der Waals surface area contributed by atoms with Crippen LogP contribution >= 0.6 is 35.1 Å². The van der Waals surface area contributed by atoms with Crippen molar-refractivity contribution in [3.05, 3.63) is 35.9 Å². The number of halogens is 1. The summed E-state index contributed by atoms with van der Waals surface area (Å²) in [4.78, 5) is 16.0. The zero-order chi connectivity index (χ0) is 13.2. The first-order valence-electron chi connectivity index (χ1n) is 6.07. The number of rotatable bonds is 2. The molecule has 3 unspecified atom stereocenters. The predicted octanol–water partition coefficient (Wildman–Crippen LogP) is 2.84. The summed E-state index contributed by atoms with van der Waals surface area (Å²) in [6.45, 7) is 0. The standard InChI is InChI=1S/C13H13ClN2OS2/c14-9-6-10(17)15-12-11(9)19-13(16-12)18-7-8-4-2-1-3-5-8/h1-5,9,11-12H,6-7H2,(H,15,17). The third-order valence-corrected chi connectivity index (χ3v) is 6.26. The Morgan fingerprint density at radius 1 is 1.42 bits per heavy atom. The van der Waals surface area contributed by atoms with Crippen molar-refractivity contribution < 1.29 is 4.79 Å². The van der Waals surface area contributed by atoms with Gasteiger partial charge in [-0.1, -0.05) is 53.9 Å². The van der Waals surface area contributed by atoms with Crippen LogP contribution in [0.3, 0.4) is 0 Å². The van der Waals surface area contributed by atoms with E-state index in [1.165, 1.54) is 5.56 Å². The van der Waals surface area contributed by atoms with Crippen LogP contribution in [-0.4, -0.2) is 27.1 Å². The molecule has 1 aromatic rings. The van der Waals surface area contributed by atoms with Crippen molar-refractivity contribution in [1.82, 2.24) is 5.32 Å². The van der Waals surface area contributed by atoms with Crippen molar-refractivity contribution in [2.24, 2.45) is 4.99 Å². The van der Waals surface area contributed by atoms with Crippen LogP contribution in [0.5, 0.6) is 0 Å². The minimum Gasteiger partial charge on any atom is -0.333 e. The number of fused-ring (bicyclic) bond motifs is 1. The average molecular weight is 313 g/mol. The Hall–Kier alpha value is -0.650. The molecule has 1 aromatic carbocycles. The van der Waals surface area contributed by atoms with E-state index in [4.69, 9.17) is 11.6 Å². The Kier molecular flexibility index (Phi) is 4.05. The third kappa shape index (κ3) is 3.09. The number of carbonyl (C=O) groups is 1. The summed E-state index contributed by atoms with van der Waals surface area (Å²) < 4.78 is 1.02. The molecule has 3 nitrogen and oxygen atoms in total. The van der Waals surface area contributed by atoms with Crippen molar-refractivity contribution in [3.8, 4) is 0 Å². The molecule has 0 saturated carbocycles. The summed E-state index contributed by atoms with van der Waals surface area (Å²) in [6.07, 6.45) is 0.244. The van der Waals surface area contributed by atoms with Crippen molar-refractivity contribution in [3.63, 3.8) is 0 Å². The maximum absolute atomic E-state index is 11.4. The van der Waals surface area contributed by atoms with E-state index in [0.29, 0.717) is 6.42 Å². The maximum atomic E-state index is 11.4. The number of amides is 1. The monoisotopic (exact) mass is 312 g/mol. The predicted molar refractivity (Wildman–Crippen MR) is 82.7 cm³/mol. The number of nitrogens with one attached hydrogen (secondary N) is 1. The van der Waals surface area contributed by atoms with Gasteiger partial charge in [-0.05, 0) is 5.56 Å². The maximum Gasteiger partial charge on any atom is 0.223 e. The van der Waals surface area contributed by atoms with Gasteiger partial charge in [-0.2, -0.15) is 0 Å². The molecule has 1 N–H and O–H groups in total. The fraction of sp³-hybridized carbons (Fsp3) is 0.385. The van der Waals surface area contributed by atoms with Gasteiger partial charge in [0.25, 0.3) is 0 Å². The molecule has 0 aromatic heterocycles. The number of thioether (sulfide) groups is 2. The molecule has 19 heavy (non-hydrogen) atoms. The molecule has 100 valence electrons. The second-order valence-electron chi connectivity index (χ2n) is 4.48. The Labute approximate surface area is 125 Å². The lowest BCUT2D eigenvalue weighted by atomic mass is 10.1. The van der Waals surface area contributed by atoms with Gasteiger partial charge in [0, 0.05) is 12.2 Å². The van der Waals surface area contributed by atoms with Gasteiger partial charge in [0.15, 0.2) is 0 Å². The first-order valence-corrected chi connectivity index (χ1v) is 8.37. The van der Waals surface area contributed by atoms with E-state index < -0.39 is 0 Å². The number of piperidine rings is 1. The number of hydrogen-bond donors (Lipinski definition) is 1. The molecule has 0 spiro atoms. The highest BCUT2D eigenvalue weighted by atomic mass is 35.5. The summed E-state index contributed by atoms with van der Waals surface area (Å²) in [5, 5.41) is 2.95. The highest BCUT2D eigenvalue weighted by Gasteiger charge is 2.41. The second-order valence-corrected chi connectivity index (χ2v) is 7.43. The lowest BCUT2D eigenvalue weighted by molar-refractivity contribution is -0.122. The van der Waals surface area contributed by atoms with Crippen molar-refractivity contribution in [2.45, 2.75) is 29.0 Å². The summed E-state index contributed by atoms with van der Waals surface area (Å²) in [5.74, 6) is 0.896. The summed E-state index contributed by atoms with van der Waals surface area (Å²) in [7, 11) is 0. The van der Waals surface area contributed by atoms with Crippen LogP contribution in [-0.2, 0) is 10.5 Å². The van der Waals surface area contributed by atoms with Crippen LogP contribution in [0.4, 0.5) is 0 Å². The smallest absolute Gasteiger partial charge is 0.223 e. The van der Waals surface area contributed by atoms with Gasteiger partial charge in [-0.25, -0.2) is 4.99 Å². The lowest BCUT2D eigenvalue weighted by Crippen LogP contribution is -2.49. The molecule has 0 bridgehead atoms. The second kappa shape index (κ2) is 5.77. The van der Waals surface area contributed by atoms with Crippen molar-refractivity contribution >= 4 is 45.4 Å². The lowest BCUT2D eigenvalue weighted by Gasteiger charge is -2.27. The molecule has 6 heteroatoms. The highest BCUT2D eigenvalue weighted by Crippen LogP contribution is 2.39. The van der Waals surface area contributed by atoms with Crippen LogP contribution in [0, 0.1) is 0 Å². The number of hydrogen-bond acceptors (Lipinski definition) is 4. The normalized spacial score (nSPS) is 29.6. The van der Waals surface area contributed by atoms with Gasteiger partial charge in [-0.15, -0.1) is 11.6 Å². The van der Waals surface area contributed by atoms with Crippen LogP contribution in [0.1, 0.15) is 12.0 Å². The van der Waals surface area contributed by atoms with E-state index >= 15 is 0 Å². The molecule has 1 amide bonds. The minimum atomic E-state index is -0.146. The number of carbonyl (C=O) groups excluding carboxylic acids is 1. The van der Waals surface area contributed by atoms with E-state index in [9.17, 15) is 4.79 Å². The van der Waals surface area contributed by atoms with E-state index in [1.807, 2.05) is 18.2 Å². The van der Waals surface area contributed by atoms with Gasteiger partial charge < -0.3 is 5.32 Å². The zero-order valence-corrected chi connectivity index (χ0v) is 12.5. The van der Waals surface area contributed by atoms with E-state index in [-0.39, 0.29) is 22.7 Å². The topological polar surface area (TPSA) is 41.5 Å². The van der Waals surface area contributed by atoms with Gasteiger partial charge in [0.2, 0.25) is 5.91 Å². The SMILES string of the molecule is O=C1CC(Cl)C2SC(SCc3ccccc3)=NC2N1. The molecule has 2 aliphatic heterocycles. The first-order chi connectivity index (χ1) is 9.22. The minimum absolute atomic E-state index is 0.0000839.